The van der Waals surface area contributed by atoms with Crippen LogP contribution in [-0.4, -0.2) is 15.0 Å². The molecular formula is C11H23BrO. The largest absolute Gasteiger partial charge is 0.390 e. The number of aliphatic hydroxyl groups is 1. The number of halogens is 1. The van der Waals surface area contributed by atoms with Crippen LogP contribution in [0.4, 0.5) is 0 Å². The van der Waals surface area contributed by atoms with Gasteiger partial charge in [0.05, 0.1) is 5.60 Å². The first-order valence-electron chi connectivity index (χ1n) is 5.24. The zero-order valence-electron chi connectivity index (χ0n) is 9.36. The van der Waals surface area contributed by atoms with Crippen LogP contribution in [0.5, 0.6) is 0 Å². The van der Waals surface area contributed by atoms with Crippen LogP contribution < -0.4 is 0 Å². The average Bonchev–Trinajstić information content (AvgIpc) is 2.02. The third-order valence-corrected chi connectivity index (χ3v) is 3.67. The van der Waals surface area contributed by atoms with Crippen molar-refractivity contribution >= 4 is 15.9 Å². The number of alkyl halides is 1. The average molecular weight is 251 g/mol. The zero-order valence-corrected chi connectivity index (χ0v) is 10.9. The molecule has 0 bridgehead atoms. The summed E-state index contributed by atoms with van der Waals surface area (Å²) >= 11 is 3.67. The van der Waals surface area contributed by atoms with Gasteiger partial charge in [0.2, 0.25) is 0 Å². The lowest BCUT2D eigenvalue weighted by atomic mass is 9.90. The topological polar surface area (TPSA) is 20.2 Å². The molecule has 0 aliphatic rings. The molecular weight excluding hydrogens is 228 g/mol. The molecule has 1 nitrogen and oxygen atoms in total. The van der Waals surface area contributed by atoms with Gasteiger partial charge in [-0.3, -0.25) is 0 Å². The van der Waals surface area contributed by atoms with Gasteiger partial charge in [-0.15, -0.1) is 0 Å². The van der Waals surface area contributed by atoms with E-state index in [0.717, 1.165) is 32.1 Å². The highest BCUT2D eigenvalue weighted by atomic mass is 79.9. The van der Waals surface area contributed by atoms with Crippen molar-refractivity contribution in [1.29, 1.82) is 0 Å². The second-order valence-electron chi connectivity index (χ2n) is 4.51. The molecule has 0 radical (unpaired) electrons. The van der Waals surface area contributed by atoms with Gasteiger partial charge in [0.25, 0.3) is 0 Å². The molecule has 2 heteroatoms. The van der Waals surface area contributed by atoms with Gasteiger partial charge < -0.3 is 5.11 Å². The summed E-state index contributed by atoms with van der Waals surface area (Å²) in [5.41, 5.74) is -0.473. The summed E-state index contributed by atoms with van der Waals surface area (Å²) in [5.74, 6) is 0. The third-order valence-electron chi connectivity index (χ3n) is 2.71. The normalized spacial score (nSPS) is 20.8. The Labute approximate surface area is 91.1 Å². The number of hydrogen-bond acceptors (Lipinski definition) is 1. The SMILES string of the molecule is CCCC(C)(O)CCC(C)(Br)CC. The maximum Gasteiger partial charge on any atom is 0.0620 e. The maximum absolute atomic E-state index is 9.95. The van der Waals surface area contributed by atoms with Crippen molar-refractivity contribution in [3.63, 3.8) is 0 Å². The molecule has 0 amide bonds. The van der Waals surface area contributed by atoms with Crippen LogP contribution in [0, 0.1) is 0 Å². The lowest BCUT2D eigenvalue weighted by Gasteiger charge is -2.28. The summed E-state index contributed by atoms with van der Waals surface area (Å²) in [6.07, 6.45) is 4.99. The minimum absolute atomic E-state index is 0.199. The molecule has 0 aliphatic carbocycles. The Bertz CT molecular complexity index is 141. The highest BCUT2D eigenvalue weighted by Gasteiger charge is 2.24. The van der Waals surface area contributed by atoms with Crippen LogP contribution in [0.15, 0.2) is 0 Å². The summed E-state index contributed by atoms with van der Waals surface area (Å²) in [4.78, 5) is 0. The summed E-state index contributed by atoms with van der Waals surface area (Å²) in [6.45, 7) is 8.41. The molecule has 0 aromatic carbocycles. The Balaban J connectivity index is 3.86. The zero-order chi connectivity index (χ0) is 10.5. The summed E-state index contributed by atoms with van der Waals surface area (Å²) in [7, 11) is 0. The third kappa shape index (κ3) is 6.50. The molecule has 0 aromatic heterocycles. The van der Waals surface area contributed by atoms with E-state index >= 15 is 0 Å². The standard InChI is InChI=1S/C11H23BrO/c1-5-7-11(4,13)9-8-10(3,12)6-2/h13H,5-9H2,1-4H3. The Hall–Kier alpha value is 0.440. The Kier molecular flexibility index (Phi) is 5.53. The van der Waals surface area contributed by atoms with Gasteiger partial charge >= 0.3 is 0 Å². The summed E-state index contributed by atoms with van der Waals surface area (Å²) < 4.78 is 0.199. The van der Waals surface area contributed by atoms with Gasteiger partial charge in [-0.1, -0.05) is 36.2 Å². The van der Waals surface area contributed by atoms with Gasteiger partial charge in [-0.2, -0.15) is 0 Å². The fraction of sp³-hybridized carbons (Fsp3) is 1.00. The van der Waals surface area contributed by atoms with E-state index in [9.17, 15) is 5.11 Å². The molecule has 0 heterocycles. The molecule has 80 valence electrons. The minimum Gasteiger partial charge on any atom is -0.390 e. The summed E-state index contributed by atoms with van der Waals surface area (Å²) in [6, 6.07) is 0. The van der Waals surface area contributed by atoms with E-state index < -0.39 is 5.60 Å². The molecule has 2 unspecified atom stereocenters. The van der Waals surface area contributed by atoms with Crippen molar-refractivity contribution in [1.82, 2.24) is 0 Å². The van der Waals surface area contributed by atoms with Crippen LogP contribution in [-0.2, 0) is 0 Å². The molecule has 0 saturated carbocycles. The van der Waals surface area contributed by atoms with Crippen molar-refractivity contribution in [2.75, 3.05) is 0 Å². The Morgan fingerprint density at radius 2 is 1.62 bits per heavy atom. The summed E-state index contributed by atoms with van der Waals surface area (Å²) in [5, 5.41) is 9.95. The highest BCUT2D eigenvalue weighted by Crippen LogP contribution is 2.31. The molecule has 0 saturated heterocycles. The van der Waals surface area contributed by atoms with E-state index in [1.54, 1.807) is 0 Å². The van der Waals surface area contributed by atoms with Gasteiger partial charge in [0, 0.05) is 4.32 Å². The lowest BCUT2D eigenvalue weighted by Crippen LogP contribution is -2.27. The predicted octanol–water partition coefficient (Wildman–Crippen LogP) is 3.88. The maximum atomic E-state index is 9.95. The first-order valence-corrected chi connectivity index (χ1v) is 6.03. The van der Waals surface area contributed by atoms with E-state index in [1.807, 2.05) is 6.92 Å². The number of rotatable bonds is 6. The smallest absolute Gasteiger partial charge is 0.0620 e. The molecule has 13 heavy (non-hydrogen) atoms. The highest BCUT2D eigenvalue weighted by molar-refractivity contribution is 9.10. The second kappa shape index (κ2) is 5.35. The molecule has 2 atom stereocenters. The van der Waals surface area contributed by atoms with Gasteiger partial charge in [0.15, 0.2) is 0 Å². The van der Waals surface area contributed by atoms with Crippen LogP contribution in [0.2, 0.25) is 0 Å². The van der Waals surface area contributed by atoms with Crippen molar-refractivity contribution < 1.29 is 5.11 Å². The van der Waals surface area contributed by atoms with Crippen molar-refractivity contribution in [3.05, 3.63) is 0 Å². The van der Waals surface area contributed by atoms with E-state index in [0.29, 0.717) is 0 Å². The molecule has 0 fully saturated rings. The van der Waals surface area contributed by atoms with Gasteiger partial charge in [-0.05, 0) is 39.5 Å². The van der Waals surface area contributed by atoms with E-state index in [2.05, 4.69) is 36.7 Å². The molecule has 0 spiro atoms. The first kappa shape index (κ1) is 13.4. The minimum atomic E-state index is -0.473. The molecule has 0 aromatic rings. The Morgan fingerprint density at radius 1 is 1.08 bits per heavy atom. The lowest BCUT2D eigenvalue weighted by molar-refractivity contribution is 0.0369. The predicted molar refractivity (Wildman–Crippen MR) is 62.4 cm³/mol. The van der Waals surface area contributed by atoms with Gasteiger partial charge in [0.1, 0.15) is 0 Å². The van der Waals surface area contributed by atoms with Crippen LogP contribution in [0.25, 0.3) is 0 Å². The number of hydrogen-bond donors (Lipinski definition) is 1. The van der Waals surface area contributed by atoms with Crippen molar-refractivity contribution in [2.45, 2.75) is 69.7 Å². The van der Waals surface area contributed by atoms with Crippen molar-refractivity contribution in [3.8, 4) is 0 Å². The van der Waals surface area contributed by atoms with E-state index in [4.69, 9.17) is 0 Å². The van der Waals surface area contributed by atoms with E-state index in [-0.39, 0.29) is 4.32 Å². The van der Waals surface area contributed by atoms with E-state index in [1.165, 1.54) is 0 Å². The second-order valence-corrected chi connectivity index (χ2v) is 6.43. The van der Waals surface area contributed by atoms with Crippen molar-refractivity contribution in [2.24, 2.45) is 0 Å². The Morgan fingerprint density at radius 3 is 2.00 bits per heavy atom. The fourth-order valence-corrected chi connectivity index (χ4v) is 1.57. The van der Waals surface area contributed by atoms with Crippen LogP contribution in [0.1, 0.15) is 59.8 Å². The molecule has 0 aliphatic heterocycles. The monoisotopic (exact) mass is 250 g/mol. The fourth-order valence-electron chi connectivity index (χ4n) is 1.37. The first-order chi connectivity index (χ1) is 5.83. The van der Waals surface area contributed by atoms with Gasteiger partial charge in [-0.25, -0.2) is 0 Å². The molecule has 0 rings (SSSR count). The van der Waals surface area contributed by atoms with Crippen LogP contribution in [0.3, 0.4) is 0 Å². The van der Waals surface area contributed by atoms with Crippen LogP contribution >= 0.6 is 15.9 Å². The quantitative estimate of drug-likeness (QED) is 0.710. The molecule has 1 N–H and O–H groups in total.